The van der Waals surface area contributed by atoms with Crippen LogP contribution in [0.5, 0.6) is 0 Å². The number of benzene rings is 1. The van der Waals surface area contributed by atoms with Gasteiger partial charge in [0, 0.05) is 24.9 Å². The van der Waals surface area contributed by atoms with Gasteiger partial charge in [-0.15, -0.1) is 0 Å². The first-order valence-corrected chi connectivity index (χ1v) is 10.3. The number of carbonyl (C=O) groups is 1. The molecule has 0 bridgehead atoms. The van der Waals surface area contributed by atoms with Crippen molar-refractivity contribution in [1.29, 1.82) is 0 Å². The van der Waals surface area contributed by atoms with E-state index in [9.17, 15) is 18.3 Å². The summed E-state index contributed by atoms with van der Waals surface area (Å²) in [5.41, 5.74) is -0.161. The lowest BCUT2D eigenvalue weighted by molar-refractivity contribution is -0.136. The maximum Gasteiger partial charge on any atom is 0.223 e. The Balaban J connectivity index is 1.61. The fraction of sp³-hybridized carbons (Fsp3) is 0.611. The first-order chi connectivity index (χ1) is 11.4. The topological polar surface area (TPSA) is 74.7 Å². The summed E-state index contributed by atoms with van der Waals surface area (Å²) in [5, 5.41) is 10.3. The van der Waals surface area contributed by atoms with Crippen LogP contribution in [-0.2, 0) is 14.6 Å². The Morgan fingerprint density at radius 1 is 1.21 bits per heavy atom. The SMILES string of the molecule is O=C(CCS(=O)(=O)c1ccccc1)N1CCC[C@@]2(CCC[C@H]2O)C1. The molecule has 0 unspecified atom stereocenters. The highest BCUT2D eigenvalue weighted by atomic mass is 32.2. The summed E-state index contributed by atoms with van der Waals surface area (Å²) in [6.45, 7) is 1.23. The van der Waals surface area contributed by atoms with Gasteiger partial charge in [0.2, 0.25) is 5.91 Å². The van der Waals surface area contributed by atoms with E-state index in [0.29, 0.717) is 13.1 Å². The van der Waals surface area contributed by atoms with E-state index in [1.54, 1.807) is 35.2 Å². The zero-order valence-corrected chi connectivity index (χ0v) is 14.7. The van der Waals surface area contributed by atoms with Gasteiger partial charge in [-0.3, -0.25) is 4.79 Å². The molecule has 132 valence electrons. The van der Waals surface area contributed by atoms with Gasteiger partial charge in [-0.1, -0.05) is 24.6 Å². The van der Waals surface area contributed by atoms with Crippen molar-refractivity contribution in [2.45, 2.75) is 49.5 Å². The summed E-state index contributed by atoms with van der Waals surface area (Å²) in [7, 11) is -3.43. The molecular weight excluding hydrogens is 326 g/mol. The van der Waals surface area contributed by atoms with Gasteiger partial charge in [-0.2, -0.15) is 0 Å². The number of likely N-dealkylation sites (tertiary alicyclic amines) is 1. The van der Waals surface area contributed by atoms with Crippen molar-refractivity contribution in [2.24, 2.45) is 5.41 Å². The maximum absolute atomic E-state index is 12.5. The summed E-state index contributed by atoms with van der Waals surface area (Å²) >= 11 is 0. The minimum Gasteiger partial charge on any atom is -0.392 e. The molecule has 1 saturated heterocycles. The van der Waals surface area contributed by atoms with Crippen LogP contribution in [0.4, 0.5) is 0 Å². The van der Waals surface area contributed by atoms with Gasteiger partial charge in [0.1, 0.15) is 0 Å². The predicted octanol–water partition coefficient (Wildman–Crippen LogP) is 2.00. The van der Waals surface area contributed by atoms with Crippen LogP contribution in [0.25, 0.3) is 0 Å². The third-order valence-corrected chi connectivity index (χ3v) is 7.24. The molecular formula is C18H25NO4S. The van der Waals surface area contributed by atoms with Gasteiger partial charge in [-0.25, -0.2) is 8.42 Å². The Morgan fingerprint density at radius 2 is 1.92 bits per heavy atom. The number of aliphatic hydroxyl groups excluding tert-OH is 1. The largest absolute Gasteiger partial charge is 0.392 e. The lowest BCUT2D eigenvalue weighted by Crippen LogP contribution is -2.49. The second-order valence-corrected chi connectivity index (χ2v) is 9.18. The molecule has 2 atom stereocenters. The van der Waals surface area contributed by atoms with E-state index in [0.717, 1.165) is 32.1 Å². The van der Waals surface area contributed by atoms with Crippen LogP contribution in [0, 0.1) is 5.41 Å². The summed E-state index contributed by atoms with van der Waals surface area (Å²) in [6, 6.07) is 8.26. The number of sulfone groups is 1. The van der Waals surface area contributed by atoms with Crippen LogP contribution >= 0.6 is 0 Å². The van der Waals surface area contributed by atoms with Gasteiger partial charge in [-0.05, 0) is 37.8 Å². The number of carbonyl (C=O) groups excluding carboxylic acids is 1. The van der Waals surface area contributed by atoms with Crippen molar-refractivity contribution in [3.63, 3.8) is 0 Å². The van der Waals surface area contributed by atoms with Crippen LogP contribution in [0.2, 0.25) is 0 Å². The molecule has 1 aliphatic carbocycles. The molecule has 1 aromatic rings. The van der Waals surface area contributed by atoms with Crippen molar-refractivity contribution in [3.05, 3.63) is 30.3 Å². The van der Waals surface area contributed by atoms with Crippen molar-refractivity contribution in [1.82, 2.24) is 4.90 Å². The standard InChI is InChI=1S/C18H25NO4S/c20-16-8-4-10-18(16)11-5-12-19(14-18)17(21)9-13-24(22,23)15-6-2-1-3-7-15/h1-3,6-7,16,20H,4-5,8-14H2/t16-,18+/m1/s1. The van der Waals surface area contributed by atoms with Gasteiger partial charge in [0.05, 0.1) is 16.8 Å². The Morgan fingerprint density at radius 3 is 2.58 bits per heavy atom. The zero-order chi connectivity index (χ0) is 17.2. The molecule has 24 heavy (non-hydrogen) atoms. The highest BCUT2D eigenvalue weighted by Crippen LogP contribution is 2.45. The van der Waals surface area contributed by atoms with Gasteiger partial charge >= 0.3 is 0 Å². The van der Waals surface area contributed by atoms with Crippen LogP contribution < -0.4 is 0 Å². The Labute approximate surface area is 143 Å². The van der Waals surface area contributed by atoms with Crippen molar-refractivity contribution >= 4 is 15.7 Å². The van der Waals surface area contributed by atoms with Gasteiger partial charge in [0.25, 0.3) is 0 Å². The minimum atomic E-state index is -3.43. The normalized spacial score (nSPS) is 27.5. The molecule has 2 aliphatic rings. The summed E-state index contributed by atoms with van der Waals surface area (Å²) < 4.78 is 24.6. The average Bonchev–Trinajstić information content (AvgIpc) is 2.93. The third kappa shape index (κ3) is 3.49. The first kappa shape index (κ1) is 17.4. The van der Waals surface area contributed by atoms with Gasteiger partial charge in [0.15, 0.2) is 9.84 Å². The Kier molecular flexibility index (Phi) is 4.97. The molecule has 1 heterocycles. The van der Waals surface area contributed by atoms with E-state index >= 15 is 0 Å². The summed E-state index contributed by atoms with van der Waals surface area (Å²) in [6.07, 6.45) is 4.29. The lowest BCUT2D eigenvalue weighted by Gasteiger charge is -2.42. The quantitative estimate of drug-likeness (QED) is 0.900. The number of piperidine rings is 1. The Bertz CT molecular complexity index is 688. The predicted molar refractivity (Wildman–Crippen MR) is 91.2 cm³/mol. The van der Waals surface area contributed by atoms with E-state index < -0.39 is 9.84 Å². The number of nitrogens with zero attached hydrogens (tertiary/aromatic N) is 1. The Hall–Kier alpha value is -1.40. The van der Waals surface area contributed by atoms with E-state index in [1.165, 1.54) is 0 Å². The molecule has 3 rings (SSSR count). The number of aliphatic hydroxyl groups is 1. The van der Waals surface area contributed by atoms with E-state index in [1.807, 2.05) is 0 Å². The third-order valence-electron chi connectivity index (χ3n) is 5.51. The molecule has 6 heteroatoms. The van der Waals surface area contributed by atoms with Crippen LogP contribution in [-0.4, -0.2) is 49.3 Å². The van der Waals surface area contributed by atoms with Crippen molar-refractivity contribution in [2.75, 3.05) is 18.8 Å². The van der Waals surface area contributed by atoms with Crippen molar-refractivity contribution < 1.29 is 18.3 Å². The fourth-order valence-corrected chi connectivity index (χ4v) is 5.35. The molecule has 1 spiro atoms. The zero-order valence-electron chi connectivity index (χ0n) is 13.9. The molecule has 1 aromatic carbocycles. The molecule has 5 nitrogen and oxygen atoms in total. The molecule has 0 radical (unpaired) electrons. The molecule has 0 aromatic heterocycles. The smallest absolute Gasteiger partial charge is 0.223 e. The molecule has 1 N–H and O–H groups in total. The van der Waals surface area contributed by atoms with E-state index in [2.05, 4.69) is 0 Å². The second-order valence-electron chi connectivity index (χ2n) is 7.07. The van der Waals surface area contributed by atoms with E-state index in [-0.39, 0.29) is 34.5 Å². The number of amides is 1. The molecule has 1 aliphatic heterocycles. The average molecular weight is 351 g/mol. The molecule has 1 saturated carbocycles. The van der Waals surface area contributed by atoms with Crippen molar-refractivity contribution in [3.8, 4) is 0 Å². The first-order valence-electron chi connectivity index (χ1n) is 8.67. The van der Waals surface area contributed by atoms with Crippen LogP contribution in [0.3, 0.4) is 0 Å². The highest BCUT2D eigenvalue weighted by molar-refractivity contribution is 7.91. The van der Waals surface area contributed by atoms with Crippen LogP contribution in [0.1, 0.15) is 38.5 Å². The lowest BCUT2D eigenvalue weighted by atomic mass is 9.76. The second kappa shape index (κ2) is 6.84. The maximum atomic E-state index is 12.5. The molecule has 2 fully saturated rings. The summed E-state index contributed by atoms with van der Waals surface area (Å²) in [5.74, 6) is -0.283. The van der Waals surface area contributed by atoms with Crippen LogP contribution in [0.15, 0.2) is 35.2 Å². The highest BCUT2D eigenvalue weighted by Gasteiger charge is 2.45. The monoisotopic (exact) mass is 351 g/mol. The molecule has 1 amide bonds. The van der Waals surface area contributed by atoms with E-state index in [4.69, 9.17) is 0 Å². The number of hydrogen-bond donors (Lipinski definition) is 1. The number of rotatable bonds is 4. The fourth-order valence-electron chi connectivity index (χ4n) is 4.09. The van der Waals surface area contributed by atoms with Gasteiger partial charge < -0.3 is 10.0 Å². The summed E-state index contributed by atoms with van der Waals surface area (Å²) in [4.78, 5) is 14.5. The minimum absolute atomic E-state index is 0.00338. The number of hydrogen-bond acceptors (Lipinski definition) is 4.